The summed E-state index contributed by atoms with van der Waals surface area (Å²) in [5.74, 6) is 0. The van der Waals surface area contributed by atoms with Gasteiger partial charge in [-0.05, 0) is 23.1 Å². The van der Waals surface area contributed by atoms with Crippen LogP contribution in [-0.2, 0) is 6.54 Å². The summed E-state index contributed by atoms with van der Waals surface area (Å²) in [6.45, 7) is 6.85. The summed E-state index contributed by atoms with van der Waals surface area (Å²) in [5, 5.41) is 14.6. The van der Waals surface area contributed by atoms with E-state index in [1.807, 2.05) is 6.07 Å². The Kier molecular flexibility index (Phi) is 2.61. The molecule has 0 aliphatic rings. The van der Waals surface area contributed by atoms with Gasteiger partial charge in [0.1, 0.15) is 0 Å². The molecule has 2 aromatic carbocycles. The highest BCUT2D eigenvalue weighted by Gasteiger charge is 2.15. The minimum absolute atomic E-state index is 0.111. The average molecular weight is 257 g/mol. The molecule has 0 amide bonds. The molecule has 92 valence electrons. The van der Waals surface area contributed by atoms with E-state index >= 15 is 0 Å². The maximum atomic E-state index is 9.23. The molecule has 0 saturated carbocycles. The van der Waals surface area contributed by atoms with Gasteiger partial charge in [-0.25, -0.2) is 0 Å². The number of hydrogen-bond acceptors (Lipinski definition) is 2. The summed E-state index contributed by atoms with van der Waals surface area (Å²) >= 11 is 4.63. The van der Waals surface area contributed by atoms with E-state index in [2.05, 4.69) is 48.9 Å². The van der Waals surface area contributed by atoms with Crippen LogP contribution in [0.15, 0.2) is 29.3 Å². The Hall–Kier alpha value is -1.45. The number of nitrogens with zero attached hydrogens (tertiary/aromatic N) is 1. The first-order chi connectivity index (χ1) is 8.65. The van der Waals surface area contributed by atoms with Crippen LogP contribution in [-0.4, -0.2) is 16.3 Å². The predicted molar refractivity (Wildman–Crippen MR) is 79.3 cm³/mol. The molecule has 0 aliphatic heterocycles. The molecule has 0 aliphatic carbocycles. The highest BCUT2D eigenvalue weighted by Crippen LogP contribution is 2.33. The van der Waals surface area contributed by atoms with E-state index in [4.69, 9.17) is 0 Å². The Morgan fingerprint density at radius 1 is 1.22 bits per heavy atom. The zero-order chi connectivity index (χ0) is 12.9. The molecular formula is C15H15NOS. The normalized spacial score (nSPS) is 11.7. The van der Waals surface area contributed by atoms with E-state index in [1.54, 1.807) is 0 Å². The molecular weight excluding hydrogens is 242 g/mol. The number of aliphatic hydroxyl groups is 1. The van der Waals surface area contributed by atoms with Gasteiger partial charge < -0.3 is 9.67 Å². The number of benzene rings is 2. The van der Waals surface area contributed by atoms with Crippen LogP contribution in [0.1, 0.15) is 5.56 Å². The second-order valence-electron chi connectivity index (χ2n) is 4.63. The maximum absolute atomic E-state index is 9.23. The first-order valence-corrected chi connectivity index (χ1v) is 6.43. The monoisotopic (exact) mass is 257 g/mol. The van der Waals surface area contributed by atoms with Crippen molar-refractivity contribution in [3.63, 3.8) is 0 Å². The molecule has 3 heteroatoms. The van der Waals surface area contributed by atoms with Crippen molar-refractivity contribution in [2.24, 2.45) is 0 Å². The molecule has 0 unspecified atom stereocenters. The lowest BCUT2D eigenvalue weighted by Gasteiger charge is -2.07. The lowest BCUT2D eigenvalue weighted by atomic mass is 10.0. The fraction of sp³-hybridized carbons (Fsp3) is 0.200. The standard InChI is InChI=1S/C15H15NOS/c1-9-3-5-11-6-4-10(2)14-13(11)12(9)15(18)16(14)7-8-17/h3-6,17-18H,1,7-8H2,2H3. The third kappa shape index (κ3) is 1.41. The molecule has 0 radical (unpaired) electrons. The van der Waals surface area contributed by atoms with Crippen LogP contribution in [0.5, 0.6) is 0 Å². The van der Waals surface area contributed by atoms with Gasteiger partial charge in [0, 0.05) is 17.3 Å². The Morgan fingerprint density at radius 3 is 2.67 bits per heavy atom. The average Bonchev–Trinajstić information content (AvgIpc) is 2.64. The zero-order valence-corrected chi connectivity index (χ0v) is 11.2. The van der Waals surface area contributed by atoms with Crippen molar-refractivity contribution < 1.29 is 5.11 Å². The highest BCUT2D eigenvalue weighted by atomic mass is 32.1. The summed E-state index contributed by atoms with van der Waals surface area (Å²) in [5.41, 5.74) is 2.36. The summed E-state index contributed by atoms with van der Waals surface area (Å²) in [6, 6.07) is 8.35. The first-order valence-electron chi connectivity index (χ1n) is 5.98. The fourth-order valence-corrected chi connectivity index (χ4v) is 3.16. The largest absolute Gasteiger partial charge is 0.395 e. The van der Waals surface area contributed by atoms with Crippen LogP contribution >= 0.6 is 12.6 Å². The van der Waals surface area contributed by atoms with Crippen molar-refractivity contribution in [3.05, 3.63) is 35.0 Å². The third-order valence-electron chi connectivity index (χ3n) is 3.52. The quantitative estimate of drug-likeness (QED) is 0.678. The van der Waals surface area contributed by atoms with Gasteiger partial charge in [-0.1, -0.05) is 30.8 Å². The van der Waals surface area contributed by atoms with E-state index in [0.29, 0.717) is 6.54 Å². The van der Waals surface area contributed by atoms with E-state index in [9.17, 15) is 5.11 Å². The lowest BCUT2D eigenvalue weighted by molar-refractivity contribution is 0.274. The molecule has 0 spiro atoms. The molecule has 0 fully saturated rings. The Balaban J connectivity index is 2.64. The van der Waals surface area contributed by atoms with E-state index in [0.717, 1.165) is 21.1 Å². The maximum Gasteiger partial charge on any atom is 0.0808 e. The summed E-state index contributed by atoms with van der Waals surface area (Å²) in [7, 11) is 0. The number of aryl methyl sites for hydroxylation is 1. The fourth-order valence-electron chi connectivity index (χ4n) is 2.71. The van der Waals surface area contributed by atoms with Gasteiger partial charge in [-0.15, -0.1) is 12.6 Å². The highest BCUT2D eigenvalue weighted by molar-refractivity contribution is 7.80. The third-order valence-corrected chi connectivity index (χ3v) is 3.98. The number of rotatable bonds is 2. The molecule has 0 bridgehead atoms. The molecule has 3 aromatic rings. The van der Waals surface area contributed by atoms with Gasteiger partial charge in [0.15, 0.2) is 0 Å². The van der Waals surface area contributed by atoms with Crippen molar-refractivity contribution in [1.29, 1.82) is 0 Å². The summed E-state index contributed by atoms with van der Waals surface area (Å²) < 4.78 is 2.07. The number of aliphatic hydroxyl groups excluding tert-OH is 1. The minimum Gasteiger partial charge on any atom is -0.395 e. The van der Waals surface area contributed by atoms with Gasteiger partial charge in [0.25, 0.3) is 0 Å². The lowest BCUT2D eigenvalue weighted by Crippen LogP contribution is -2.03. The smallest absolute Gasteiger partial charge is 0.0808 e. The predicted octanol–water partition coefficient (Wildman–Crippen LogP) is 2.51. The summed E-state index contributed by atoms with van der Waals surface area (Å²) in [4.78, 5) is 0. The summed E-state index contributed by atoms with van der Waals surface area (Å²) in [6.07, 6.45) is 0. The van der Waals surface area contributed by atoms with Crippen molar-refractivity contribution in [2.45, 2.75) is 18.5 Å². The van der Waals surface area contributed by atoms with Gasteiger partial charge in [-0.2, -0.15) is 0 Å². The van der Waals surface area contributed by atoms with Crippen LogP contribution in [0.4, 0.5) is 0 Å². The van der Waals surface area contributed by atoms with Crippen LogP contribution in [0.2, 0.25) is 0 Å². The van der Waals surface area contributed by atoms with Crippen molar-refractivity contribution in [3.8, 4) is 0 Å². The Bertz CT molecular complexity index is 788. The van der Waals surface area contributed by atoms with Crippen LogP contribution in [0.25, 0.3) is 28.3 Å². The van der Waals surface area contributed by atoms with Crippen molar-refractivity contribution in [1.82, 2.24) is 4.57 Å². The van der Waals surface area contributed by atoms with Gasteiger partial charge in [0.2, 0.25) is 0 Å². The molecule has 1 heterocycles. The topological polar surface area (TPSA) is 25.2 Å². The number of hydrogen-bond donors (Lipinski definition) is 2. The van der Waals surface area contributed by atoms with Gasteiger partial charge >= 0.3 is 0 Å². The van der Waals surface area contributed by atoms with E-state index < -0.39 is 0 Å². The van der Waals surface area contributed by atoms with Gasteiger partial charge in [0.05, 0.1) is 17.1 Å². The van der Waals surface area contributed by atoms with Crippen molar-refractivity contribution in [2.75, 3.05) is 6.61 Å². The van der Waals surface area contributed by atoms with Crippen molar-refractivity contribution >= 4 is 40.9 Å². The van der Waals surface area contributed by atoms with E-state index in [1.165, 1.54) is 16.3 Å². The molecule has 0 atom stereocenters. The van der Waals surface area contributed by atoms with Gasteiger partial charge in [-0.3, -0.25) is 0 Å². The minimum atomic E-state index is 0.111. The molecule has 1 aromatic heterocycles. The zero-order valence-electron chi connectivity index (χ0n) is 10.3. The van der Waals surface area contributed by atoms with Crippen LogP contribution in [0, 0.1) is 6.92 Å². The second-order valence-corrected chi connectivity index (χ2v) is 5.05. The number of thiol groups is 1. The number of aromatic nitrogens is 1. The first kappa shape index (κ1) is 11.6. The molecule has 0 saturated heterocycles. The van der Waals surface area contributed by atoms with E-state index in [-0.39, 0.29) is 6.61 Å². The second kappa shape index (κ2) is 4.04. The Labute approximate surface area is 111 Å². The molecule has 3 rings (SSSR count). The van der Waals surface area contributed by atoms with Crippen LogP contribution < -0.4 is 5.22 Å². The molecule has 1 N–H and O–H groups in total. The molecule has 2 nitrogen and oxygen atoms in total. The Morgan fingerprint density at radius 2 is 1.94 bits per heavy atom. The SMILES string of the molecule is C=c1ccc2ccc(C)c3c2c1c(S)n3CCO. The van der Waals surface area contributed by atoms with Crippen LogP contribution in [0.3, 0.4) is 0 Å². The molecule has 18 heavy (non-hydrogen) atoms.